The first-order chi connectivity index (χ1) is 13.8. The van der Waals surface area contributed by atoms with E-state index in [0.29, 0.717) is 24.7 Å². The van der Waals surface area contributed by atoms with E-state index in [2.05, 4.69) is 30.3 Å². The predicted molar refractivity (Wildman–Crippen MR) is 106 cm³/mol. The van der Waals surface area contributed by atoms with Crippen LogP contribution in [-0.2, 0) is 15.1 Å². The van der Waals surface area contributed by atoms with Crippen molar-refractivity contribution in [1.82, 2.24) is 0 Å². The highest BCUT2D eigenvalue weighted by molar-refractivity contribution is 5.78. The van der Waals surface area contributed by atoms with Gasteiger partial charge in [0.25, 0.3) is 0 Å². The first kappa shape index (κ1) is 17.5. The molecule has 3 atom stereocenters. The van der Waals surface area contributed by atoms with Gasteiger partial charge in [-0.1, -0.05) is 29.8 Å². The molecule has 0 radical (unpaired) electrons. The molecule has 142 valence electrons. The summed E-state index contributed by atoms with van der Waals surface area (Å²) in [7, 11) is 1.69. The van der Waals surface area contributed by atoms with Crippen LogP contribution in [0.25, 0.3) is 5.57 Å². The maximum atomic E-state index is 9.15. The van der Waals surface area contributed by atoms with Gasteiger partial charge in [-0.2, -0.15) is 5.26 Å². The van der Waals surface area contributed by atoms with Crippen LogP contribution in [0.15, 0.2) is 54.1 Å². The Bertz CT molecular complexity index is 955. The minimum Gasteiger partial charge on any atom is -0.497 e. The average molecular weight is 373 g/mol. The van der Waals surface area contributed by atoms with E-state index < -0.39 is 5.60 Å². The zero-order valence-corrected chi connectivity index (χ0v) is 16.0. The Hall–Kier alpha value is -2.61. The lowest BCUT2D eigenvalue weighted by Gasteiger charge is -2.44. The molecular formula is C24H23NO3. The first-order valence-electron chi connectivity index (χ1n) is 9.91. The van der Waals surface area contributed by atoms with Crippen molar-refractivity contribution in [3.05, 3.63) is 70.8 Å². The molecule has 2 aliphatic carbocycles. The second kappa shape index (κ2) is 6.77. The number of benzene rings is 2. The standard InChI is InChI=1S/C24H23NO3/c1-26-19-11-9-18(10-12-19)24-21-4-2-3-20(21)22(23(24)27-13-14-28-24)17-7-5-16(15-25)6-8-17/h5-12,21,23H,2-4,13-14H2,1H3/t21-,23+,24-/m1/s1. The van der Waals surface area contributed by atoms with E-state index in [1.165, 1.54) is 17.6 Å². The largest absolute Gasteiger partial charge is 0.497 e. The molecule has 0 spiro atoms. The molecule has 5 rings (SSSR count). The van der Waals surface area contributed by atoms with E-state index in [0.717, 1.165) is 29.7 Å². The number of methoxy groups -OCH3 is 1. The molecule has 1 saturated heterocycles. The zero-order chi connectivity index (χ0) is 19.1. The average Bonchev–Trinajstić information content (AvgIpc) is 3.34. The number of hydrogen-bond acceptors (Lipinski definition) is 4. The van der Waals surface area contributed by atoms with Gasteiger partial charge >= 0.3 is 0 Å². The van der Waals surface area contributed by atoms with Crippen molar-refractivity contribution in [3.8, 4) is 11.8 Å². The molecule has 1 saturated carbocycles. The van der Waals surface area contributed by atoms with E-state index in [1.54, 1.807) is 7.11 Å². The van der Waals surface area contributed by atoms with Crippen molar-refractivity contribution in [1.29, 1.82) is 5.26 Å². The van der Waals surface area contributed by atoms with E-state index >= 15 is 0 Å². The van der Waals surface area contributed by atoms with Gasteiger partial charge in [-0.3, -0.25) is 0 Å². The van der Waals surface area contributed by atoms with Crippen LogP contribution in [0.2, 0.25) is 0 Å². The third kappa shape index (κ3) is 2.44. The SMILES string of the molecule is COc1ccc([C@]23OCCO[C@H]2C(c2ccc(C#N)cc2)=C2CCC[C@H]23)cc1. The van der Waals surface area contributed by atoms with Crippen LogP contribution < -0.4 is 4.74 Å². The fourth-order valence-electron chi connectivity index (χ4n) is 5.31. The van der Waals surface area contributed by atoms with Crippen LogP contribution in [0.1, 0.15) is 36.0 Å². The summed E-state index contributed by atoms with van der Waals surface area (Å²) in [6, 6.07) is 18.4. The van der Waals surface area contributed by atoms with Gasteiger partial charge in [0.05, 0.1) is 32.0 Å². The molecule has 2 aromatic carbocycles. The molecule has 28 heavy (non-hydrogen) atoms. The van der Waals surface area contributed by atoms with Crippen molar-refractivity contribution in [2.45, 2.75) is 31.0 Å². The fraction of sp³-hybridized carbons (Fsp3) is 0.375. The third-order valence-corrected chi connectivity index (χ3v) is 6.45. The van der Waals surface area contributed by atoms with Crippen LogP contribution in [0.5, 0.6) is 5.75 Å². The molecule has 0 bridgehead atoms. The number of nitriles is 1. The maximum absolute atomic E-state index is 9.15. The Morgan fingerprint density at radius 1 is 1.07 bits per heavy atom. The third-order valence-electron chi connectivity index (χ3n) is 6.45. The molecule has 4 heteroatoms. The van der Waals surface area contributed by atoms with E-state index in [9.17, 15) is 0 Å². The molecule has 4 nitrogen and oxygen atoms in total. The lowest BCUT2D eigenvalue weighted by molar-refractivity contribution is -0.201. The Balaban J connectivity index is 1.64. The Labute approximate surface area is 165 Å². The zero-order valence-electron chi connectivity index (χ0n) is 16.0. The molecule has 0 unspecified atom stereocenters. The van der Waals surface area contributed by atoms with Crippen LogP contribution in [0, 0.1) is 17.2 Å². The fourth-order valence-corrected chi connectivity index (χ4v) is 5.31. The molecule has 2 aromatic rings. The monoisotopic (exact) mass is 373 g/mol. The number of nitrogens with zero attached hydrogens (tertiary/aromatic N) is 1. The molecule has 0 amide bonds. The number of ether oxygens (including phenoxy) is 3. The summed E-state index contributed by atoms with van der Waals surface area (Å²) in [5.74, 6) is 1.18. The van der Waals surface area contributed by atoms with Crippen LogP contribution in [0.3, 0.4) is 0 Å². The summed E-state index contributed by atoms with van der Waals surface area (Å²) < 4.78 is 18.4. The quantitative estimate of drug-likeness (QED) is 0.798. The Morgan fingerprint density at radius 2 is 1.86 bits per heavy atom. The van der Waals surface area contributed by atoms with Crippen LogP contribution in [-0.4, -0.2) is 26.4 Å². The topological polar surface area (TPSA) is 51.5 Å². The van der Waals surface area contributed by atoms with Gasteiger partial charge in [0.15, 0.2) is 0 Å². The van der Waals surface area contributed by atoms with Gasteiger partial charge in [0.2, 0.25) is 0 Å². The summed E-state index contributed by atoms with van der Waals surface area (Å²) in [5.41, 5.74) is 5.24. The minimum absolute atomic E-state index is 0.122. The van der Waals surface area contributed by atoms with E-state index in [1.807, 2.05) is 24.3 Å². The molecule has 3 aliphatic rings. The number of rotatable bonds is 3. The normalized spacial score (nSPS) is 28.6. The lowest BCUT2D eigenvalue weighted by atomic mass is 9.78. The number of fused-ring (bicyclic) bond motifs is 3. The molecule has 1 heterocycles. The summed E-state index contributed by atoms with van der Waals surface area (Å²) in [6.45, 7) is 1.20. The smallest absolute Gasteiger partial charge is 0.130 e. The second-order valence-electron chi connectivity index (χ2n) is 7.69. The predicted octanol–water partition coefficient (Wildman–Crippen LogP) is 4.45. The van der Waals surface area contributed by atoms with Crippen molar-refractivity contribution < 1.29 is 14.2 Å². The van der Waals surface area contributed by atoms with Gasteiger partial charge in [0, 0.05) is 5.92 Å². The molecule has 0 aromatic heterocycles. The molecule has 2 fully saturated rings. The lowest BCUT2D eigenvalue weighted by Crippen LogP contribution is -2.50. The molecule has 0 N–H and O–H groups in total. The van der Waals surface area contributed by atoms with Gasteiger partial charge in [-0.25, -0.2) is 0 Å². The van der Waals surface area contributed by atoms with Gasteiger partial charge < -0.3 is 14.2 Å². The maximum Gasteiger partial charge on any atom is 0.130 e. The van der Waals surface area contributed by atoms with E-state index in [4.69, 9.17) is 19.5 Å². The van der Waals surface area contributed by atoms with Crippen LogP contribution >= 0.6 is 0 Å². The Kier molecular flexibility index (Phi) is 4.23. The van der Waals surface area contributed by atoms with Crippen molar-refractivity contribution in [2.75, 3.05) is 20.3 Å². The summed E-state index contributed by atoms with van der Waals surface area (Å²) >= 11 is 0. The molecular weight excluding hydrogens is 350 g/mol. The van der Waals surface area contributed by atoms with Gasteiger partial charge in [0.1, 0.15) is 17.5 Å². The minimum atomic E-state index is -0.473. The summed E-state index contributed by atoms with van der Waals surface area (Å²) in [5, 5.41) is 9.15. The molecule has 1 aliphatic heterocycles. The second-order valence-corrected chi connectivity index (χ2v) is 7.69. The highest BCUT2D eigenvalue weighted by atomic mass is 16.6. The van der Waals surface area contributed by atoms with Crippen molar-refractivity contribution >= 4 is 5.57 Å². The summed E-state index contributed by atoms with van der Waals surface area (Å²) in [4.78, 5) is 0. The van der Waals surface area contributed by atoms with Gasteiger partial charge in [-0.15, -0.1) is 0 Å². The van der Waals surface area contributed by atoms with Crippen LogP contribution in [0.4, 0.5) is 0 Å². The first-order valence-corrected chi connectivity index (χ1v) is 9.91. The van der Waals surface area contributed by atoms with E-state index in [-0.39, 0.29) is 6.10 Å². The summed E-state index contributed by atoms with van der Waals surface area (Å²) in [6.07, 6.45) is 3.25. The Morgan fingerprint density at radius 3 is 2.57 bits per heavy atom. The highest BCUT2D eigenvalue weighted by Gasteiger charge is 2.59. The van der Waals surface area contributed by atoms with Crippen molar-refractivity contribution in [3.63, 3.8) is 0 Å². The van der Waals surface area contributed by atoms with Crippen molar-refractivity contribution in [2.24, 2.45) is 5.92 Å². The number of hydrogen-bond donors (Lipinski definition) is 0. The van der Waals surface area contributed by atoms with Gasteiger partial charge in [-0.05, 0) is 60.2 Å². The highest BCUT2D eigenvalue weighted by Crippen LogP contribution is 2.60.